The predicted octanol–water partition coefficient (Wildman–Crippen LogP) is 4.13. The Kier molecular flexibility index (Phi) is 5.24. The number of nitrogens with zero attached hydrogens (tertiary/aromatic N) is 6. The van der Waals surface area contributed by atoms with Crippen molar-refractivity contribution >= 4 is 23.5 Å². The zero-order chi connectivity index (χ0) is 25.0. The van der Waals surface area contributed by atoms with E-state index in [1.54, 1.807) is 6.20 Å². The van der Waals surface area contributed by atoms with E-state index in [-0.39, 0.29) is 23.7 Å². The summed E-state index contributed by atoms with van der Waals surface area (Å²) in [6.45, 7) is 6.07. The third-order valence-corrected chi connectivity index (χ3v) is 7.57. The van der Waals surface area contributed by atoms with Crippen molar-refractivity contribution in [2.75, 3.05) is 5.32 Å². The molecule has 2 aliphatic carbocycles. The van der Waals surface area contributed by atoms with E-state index in [2.05, 4.69) is 30.9 Å². The third kappa shape index (κ3) is 4.08. The van der Waals surface area contributed by atoms with Crippen LogP contribution in [0.1, 0.15) is 62.0 Å². The van der Waals surface area contributed by atoms with Gasteiger partial charge in [0.05, 0.1) is 11.9 Å². The number of nitrogens with one attached hydrogen (secondary N) is 3. The van der Waals surface area contributed by atoms with Crippen LogP contribution in [0.5, 0.6) is 0 Å². The van der Waals surface area contributed by atoms with Gasteiger partial charge in [0.25, 0.3) is 0 Å². The van der Waals surface area contributed by atoms with Crippen molar-refractivity contribution in [1.82, 2.24) is 39.7 Å². The van der Waals surface area contributed by atoms with E-state index in [4.69, 9.17) is 9.72 Å². The molecule has 0 aliphatic heterocycles. The van der Waals surface area contributed by atoms with Gasteiger partial charge in [0.2, 0.25) is 5.95 Å². The standard InChI is InChI=1S/C25H31N9O2/c1-14-21(18-13-27-33(4)15(18)2)22-26-9-10-34(22)23(28-14)29-20-12-19(31-32-20)16-5-6-17(11-16)36-24(35)30-25(3)7-8-25/h9-10,12-13,16-17H,5-8,11H2,1-4H3,(H,30,35)(H2,28,29,31,32). The summed E-state index contributed by atoms with van der Waals surface area (Å²) < 4.78 is 9.45. The van der Waals surface area contributed by atoms with E-state index in [9.17, 15) is 4.79 Å². The molecule has 1 amide bonds. The second-order valence-electron chi connectivity index (χ2n) is 10.3. The number of aromatic amines is 1. The average Bonchev–Trinajstić information content (AvgIpc) is 3.36. The van der Waals surface area contributed by atoms with Crippen LogP contribution in [-0.2, 0) is 11.8 Å². The van der Waals surface area contributed by atoms with Gasteiger partial charge < -0.3 is 15.4 Å². The predicted molar refractivity (Wildman–Crippen MR) is 134 cm³/mol. The van der Waals surface area contributed by atoms with Crippen LogP contribution in [0.3, 0.4) is 0 Å². The zero-order valence-corrected chi connectivity index (χ0v) is 21.0. The van der Waals surface area contributed by atoms with Gasteiger partial charge in [-0.25, -0.2) is 14.8 Å². The number of carbonyl (C=O) groups excluding carboxylic acids is 1. The first kappa shape index (κ1) is 22.6. The van der Waals surface area contributed by atoms with Crippen molar-refractivity contribution < 1.29 is 9.53 Å². The second-order valence-corrected chi connectivity index (χ2v) is 10.3. The van der Waals surface area contributed by atoms with Gasteiger partial charge in [0.1, 0.15) is 11.8 Å². The molecular formula is C25H31N9O2. The van der Waals surface area contributed by atoms with Crippen LogP contribution in [0.25, 0.3) is 16.8 Å². The maximum absolute atomic E-state index is 12.2. The summed E-state index contributed by atoms with van der Waals surface area (Å²) in [6.07, 6.45) is 9.75. The van der Waals surface area contributed by atoms with Crippen LogP contribution < -0.4 is 10.6 Å². The average molecular weight is 490 g/mol. The third-order valence-electron chi connectivity index (χ3n) is 7.57. The Labute approximate surface area is 208 Å². The monoisotopic (exact) mass is 489 g/mol. The minimum atomic E-state index is -0.302. The van der Waals surface area contributed by atoms with E-state index >= 15 is 0 Å². The van der Waals surface area contributed by atoms with Gasteiger partial charge in [-0.1, -0.05) is 0 Å². The number of fused-ring (bicyclic) bond motifs is 1. The summed E-state index contributed by atoms with van der Waals surface area (Å²) in [7, 11) is 1.93. The molecule has 2 saturated carbocycles. The number of carbonyl (C=O) groups is 1. The van der Waals surface area contributed by atoms with Crippen molar-refractivity contribution in [3.05, 3.63) is 41.7 Å². The molecule has 188 valence electrons. The van der Waals surface area contributed by atoms with E-state index < -0.39 is 0 Å². The molecule has 4 aromatic heterocycles. The molecule has 0 radical (unpaired) electrons. The van der Waals surface area contributed by atoms with Gasteiger partial charge >= 0.3 is 6.09 Å². The van der Waals surface area contributed by atoms with E-state index in [1.807, 2.05) is 55.4 Å². The molecule has 2 fully saturated rings. The lowest BCUT2D eigenvalue weighted by atomic mass is 10.0. The number of rotatable bonds is 6. The maximum atomic E-state index is 12.2. The lowest BCUT2D eigenvalue weighted by Gasteiger charge is -2.16. The van der Waals surface area contributed by atoms with Crippen LogP contribution in [-0.4, -0.2) is 52.1 Å². The molecule has 2 unspecified atom stereocenters. The normalized spacial score (nSPS) is 20.6. The summed E-state index contributed by atoms with van der Waals surface area (Å²) in [4.78, 5) is 21.6. The van der Waals surface area contributed by atoms with Crippen LogP contribution in [0.2, 0.25) is 0 Å². The minimum absolute atomic E-state index is 0.0684. The Balaban J connectivity index is 1.17. The molecule has 0 spiro atoms. The molecule has 4 aromatic rings. The van der Waals surface area contributed by atoms with E-state index in [1.165, 1.54) is 0 Å². The van der Waals surface area contributed by atoms with Gasteiger partial charge in [-0.2, -0.15) is 10.2 Å². The van der Waals surface area contributed by atoms with Gasteiger partial charge in [-0.3, -0.25) is 14.2 Å². The number of amides is 1. The molecule has 2 aliphatic rings. The molecule has 0 aromatic carbocycles. The molecule has 2 atom stereocenters. The molecule has 11 nitrogen and oxygen atoms in total. The number of ether oxygens (including phenoxy) is 1. The van der Waals surface area contributed by atoms with Crippen molar-refractivity contribution in [2.24, 2.45) is 7.05 Å². The first-order valence-corrected chi connectivity index (χ1v) is 12.4. The highest BCUT2D eigenvalue weighted by molar-refractivity contribution is 5.82. The van der Waals surface area contributed by atoms with Crippen LogP contribution in [0, 0.1) is 13.8 Å². The molecular weight excluding hydrogens is 458 g/mol. The van der Waals surface area contributed by atoms with Crippen molar-refractivity contribution in [3.63, 3.8) is 0 Å². The first-order valence-electron chi connectivity index (χ1n) is 12.4. The SMILES string of the molecule is Cc1nc(Nc2cc(C3CCC(OC(=O)NC4(C)CC4)C3)[nH]n2)n2ccnc2c1-c1cnn(C)c1C. The molecule has 6 rings (SSSR count). The van der Waals surface area contributed by atoms with Crippen molar-refractivity contribution in [2.45, 2.75) is 70.4 Å². The van der Waals surface area contributed by atoms with Crippen molar-refractivity contribution in [3.8, 4) is 11.1 Å². The largest absolute Gasteiger partial charge is 0.446 e. The maximum Gasteiger partial charge on any atom is 0.407 e. The van der Waals surface area contributed by atoms with Gasteiger partial charge in [-0.15, -0.1) is 0 Å². The van der Waals surface area contributed by atoms with E-state index in [0.717, 1.165) is 66.0 Å². The van der Waals surface area contributed by atoms with Crippen molar-refractivity contribution in [1.29, 1.82) is 0 Å². The fourth-order valence-corrected chi connectivity index (χ4v) is 5.03. The Morgan fingerprint density at radius 2 is 2.11 bits per heavy atom. The highest BCUT2D eigenvalue weighted by Gasteiger charge is 2.40. The number of aromatic nitrogens is 7. The lowest BCUT2D eigenvalue weighted by molar-refractivity contribution is 0.0967. The van der Waals surface area contributed by atoms with Gasteiger partial charge in [-0.05, 0) is 52.9 Å². The molecule has 11 heteroatoms. The highest BCUT2D eigenvalue weighted by Crippen LogP contribution is 2.38. The number of hydrogen-bond donors (Lipinski definition) is 3. The topological polar surface area (TPSA) is 127 Å². The van der Waals surface area contributed by atoms with Crippen LogP contribution in [0.15, 0.2) is 24.7 Å². The summed E-state index contributed by atoms with van der Waals surface area (Å²) >= 11 is 0. The number of H-pyrrole nitrogens is 1. The molecule has 0 saturated heterocycles. The molecule has 36 heavy (non-hydrogen) atoms. The Bertz CT molecular complexity index is 1450. The number of alkyl carbamates (subject to hydrolysis) is 1. The Morgan fingerprint density at radius 3 is 2.86 bits per heavy atom. The van der Waals surface area contributed by atoms with Crippen LogP contribution >= 0.6 is 0 Å². The second kappa shape index (κ2) is 8.35. The number of anilines is 2. The number of imidazole rings is 1. The minimum Gasteiger partial charge on any atom is -0.446 e. The summed E-state index contributed by atoms with van der Waals surface area (Å²) in [5.41, 5.74) is 5.67. The first-order chi connectivity index (χ1) is 17.3. The summed E-state index contributed by atoms with van der Waals surface area (Å²) in [6, 6.07) is 2.01. The fourth-order valence-electron chi connectivity index (χ4n) is 5.03. The summed E-state index contributed by atoms with van der Waals surface area (Å²) in [5, 5.41) is 18.3. The Hall–Kier alpha value is -3.89. The quantitative estimate of drug-likeness (QED) is 0.372. The summed E-state index contributed by atoms with van der Waals surface area (Å²) in [5.74, 6) is 1.59. The number of hydrogen-bond acceptors (Lipinski definition) is 7. The van der Waals surface area contributed by atoms with Gasteiger partial charge in [0.15, 0.2) is 5.82 Å². The molecule has 3 N–H and O–H groups in total. The zero-order valence-electron chi connectivity index (χ0n) is 21.0. The molecule has 4 heterocycles. The molecule has 0 bridgehead atoms. The lowest BCUT2D eigenvalue weighted by Crippen LogP contribution is -2.36. The highest BCUT2D eigenvalue weighted by atomic mass is 16.6. The smallest absolute Gasteiger partial charge is 0.407 e. The number of aryl methyl sites for hydroxylation is 2. The van der Waals surface area contributed by atoms with Gasteiger partial charge in [0, 0.05) is 59.5 Å². The van der Waals surface area contributed by atoms with Crippen LogP contribution in [0.4, 0.5) is 16.6 Å². The Morgan fingerprint density at radius 1 is 1.28 bits per heavy atom. The fraction of sp³-hybridized carbons (Fsp3) is 0.480. The van der Waals surface area contributed by atoms with E-state index in [0.29, 0.717) is 11.8 Å².